The van der Waals surface area contributed by atoms with Crippen LogP contribution in [-0.4, -0.2) is 4.98 Å². The second-order valence-corrected chi connectivity index (χ2v) is 5.61. The molecule has 84 valence electrons. The normalized spacial score (nSPS) is 12.1. The molecule has 0 aliphatic carbocycles. The van der Waals surface area contributed by atoms with Crippen molar-refractivity contribution in [3.8, 4) is 0 Å². The van der Waals surface area contributed by atoms with Crippen LogP contribution >= 0.6 is 15.9 Å². The Hall–Kier alpha value is -0.930. The summed E-state index contributed by atoms with van der Waals surface area (Å²) in [5.74, 6) is 0. The van der Waals surface area contributed by atoms with E-state index in [0.717, 1.165) is 26.6 Å². The molecule has 1 heterocycles. The Bertz CT molecular complexity index is 541. The minimum atomic E-state index is -0.354. The highest BCUT2D eigenvalue weighted by Crippen LogP contribution is 2.28. The largest absolute Gasteiger partial charge is 0.322 e. The third-order valence-corrected chi connectivity index (χ3v) is 3.09. The van der Waals surface area contributed by atoms with E-state index in [-0.39, 0.29) is 5.54 Å². The Balaban J connectivity index is 2.85. The summed E-state index contributed by atoms with van der Waals surface area (Å²) in [7, 11) is 0. The van der Waals surface area contributed by atoms with Crippen LogP contribution in [-0.2, 0) is 5.54 Å². The molecule has 2 aromatic rings. The molecule has 2 N–H and O–H groups in total. The number of pyridine rings is 1. The number of rotatable bonds is 1. The van der Waals surface area contributed by atoms with E-state index in [4.69, 9.17) is 5.73 Å². The van der Waals surface area contributed by atoms with Gasteiger partial charge in [-0.25, -0.2) is 0 Å². The molecule has 0 atom stereocenters. The van der Waals surface area contributed by atoms with Gasteiger partial charge in [0.1, 0.15) is 0 Å². The third-order valence-electron chi connectivity index (χ3n) is 2.59. The Morgan fingerprint density at radius 2 is 1.94 bits per heavy atom. The van der Waals surface area contributed by atoms with Crippen LogP contribution in [0.2, 0.25) is 0 Å². The lowest BCUT2D eigenvalue weighted by Crippen LogP contribution is -2.29. The van der Waals surface area contributed by atoms with Gasteiger partial charge in [0.25, 0.3) is 0 Å². The maximum Gasteiger partial charge on any atom is 0.0709 e. The fourth-order valence-electron chi connectivity index (χ4n) is 1.86. The summed E-state index contributed by atoms with van der Waals surface area (Å²) in [6, 6.07) is 8.16. The van der Waals surface area contributed by atoms with Gasteiger partial charge in [-0.3, -0.25) is 4.98 Å². The second-order valence-electron chi connectivity index (χ2n) is 4.69. The minimum absolute atomic E-state index is 0.354. The zero-order valence-corrected chi connectivity index (χ0v) is 11.3. The summed E-state index contributed by atoms with van der Waals surface area (Å²) in [6.07, 6.45) is 0. The van der Waals surface area contributed by atoms with Crippen molar-refractivity contribution < 1.29 is 0 Å². The Labute approximate surface area is 104 Å². The highest BCUT2D eigenvalue weighted by molar-refractivity contribution is 9.10. The van der Waals surface area contributed by atoms with E-state index in [2.05, 4.69) is 33.0 Å². The molecule has 0 saturated carbocycles. The van der Waals surface area contributed by atoms with Gasteiger partial charge in [0, 0.05) is 21.1 Å². The highest BCUT2D eigenvalue weighted by atomic mass is 79.9. The SMILES string of the molecule is Cc1cc(C(C)(C)N)c2cc(Br)ccc2n1. The van der Waals surface area contributed by atoms with Crippen molar-refractivity contribution >= 4 is 26.8 Å². The van der Waals surface area contributed by atoms with Crippen molar-refractivity contribution in [2.24, 2.45) is 5.73 Å². The Morgan fingerprint density at radius 1 is 1.25 bits per heavy atom. The molecule has 0 radical (unpaired) electrons. The standard InChI is InChI=1S/C13H15BrN2/c1-8-6-11(13(2,3)15)10-7-9(14)4-5-12(10)16-8/h4-7H,15H2,1-3H3. The molecule has 0 fully saturated rings. The molecule has 0 aliphatic heterocycles. The van der Waals surface area contributed by atoms with E-state index in [1.54, 1.807) is 0 Å². The summed E-state index contributed by atoms with van der Waals surface area (Å²) >= 11 is 3.48. The summed E-state index contributed by atoms with van der Waals surface area (Å²) in [6.45, 7) is 6.03. The van der Waals surface area contributed by atoms with E-state index < -0.39 is 0 Å². The van der Waals surface area contributed by atoms with Crippen molar-refractivity contribution in [1.29, 1.82) is 0 Å². The molecule has 0 amide bonds. The first-order chi connectivity index (χ1) is 7.38. The highest BCUT2D eigenvalue weighted by Gasteiger charge is 2.18. The number of fused-ring (bicyclic) bond motifs is 1. The van der Waals surface area contributed by atoms with Crippen LogP contribution in [0.15, 0.2) is 28.7 Å². The van der Waals surface area contributed by atoms with Gasteiger partial charge in [0.15, 0.2) is 0 Å². The van der Waals surface area contributed by atoms with E-state index in [0.29, 0.717) is 0 Å². The van der Waals surface area contributed by atoms with Crippen LogP contribution in [0.1, 0.15) is 25.1 Å². The number of halogens is 1. The van der Waals surface area contributed by atoms with Crippen LogP contribution in [0.4, 0.5) is 0 Å². The number of nitrogens with two attached hydrogens (primary N) is 1. The zero-order valence-electron chi connectivity index (χ0n) is 9.71. The lowest BCUT2D eigenvalue weighted by molar-refractivity contribution is 0.558. The average molecular weight is 279 g/mol. The molecule has 0 bridgehead atoms. The number of benzene rings is 1. The Morgan fingerprint density at radius 3 is 2.56 bits per heavy atom. The molecule has 0 spiro atoms. The predicted octanol–water partition coefficient (Wildman–Crippen LogP) is 3.50. The quantitative estimate of drug-likeness (QED) is 0.867. The van der Waals surface area contributed by atoms with Crippen molar-refractivity contribution in [2.45, 2.75) is 26.3 Å². The number of aryl methyl sites for hydroxylation is 1. The molecule has 2 nitrogen and oxygen atoms in total. The summed E-state index contributed by atoms with van der Waals surface area (Å²) in [5, 5.41) is 1.12. The lowest BCUT2D eigenvalue weighted by Gasteiger charge is -2.21. The van der Waals surface area contributed by atoms with Gasteiger partial charge in [-0.1, -0.05) is 15.9 Å². The molecule has 0 saturated heterocycles. The second kappa shape index (κ2) is 3.82. The van der Waals surface area contributed by atoms with Gasteiger partial charge in [0.2, 0.25) is 0 Å². The van der Waals surface area contributed by atoms with Gasteiger partial charge in [-0.15, -0.1) is 0 Å². The van der Waals surface area contributed by atoms with Crippen LogP contribution < -0.4 is 5.73 Å². The minimum Gasteiger partial charge on any atom is -0.322 e. The average Bonchev–Trinajstić information content (AvgIpc) is 2.16. The molecule has 0 aliphatic rings. The number of hydrogen-bond acceptors (Lipinski definition) is 2. The predicted molar refractivity (Wildman–Crippen MR) is 71.4 cm³/mol. The molecule has 1 aromatic heterocycles. The van der Waals surface area contributed by atoms with Crippen molar-refractivity contribution in [1.82, 2.24) is 4.98 Å². The van der Waals surface area contributed by atoms with Crippen molar-refractivity contribution in [3.05, 3.63) is 40.0 Å². The monoisotopic (exact) mass is 278 g/mol. The van der Waals surface area contributed by atoms with Gasteiger partial charge in [-0.05, 0) is 50.6 Å². The van der Waals surface area contributed by atoms with Gasteiger partial charge >= 0.3 is 0 Å². The van der Waals surface area contributed by atoms with Gasteiger partial charge in [0.05, 0.1) is 5.52 Å². The lowest BCUT2D eigenvalue weighted by atomic mass is 9.92. The maximum atomic E-state index is 6.20. The fraction of sp³-hybridized carbons (Fsp3) is 0.308. The molecular weight excluding hydrogens is 264 g/mol. The van der Waals surface area contributed by atoms with Crippen LogP contribution in [0, 0.1) is 6.92 Å². The first-order valence-electron chi connectivity index (χ1n) is 5.24. The topological polar surface area (TPSA) is 38.9 Å². The summed E-state index contributed by atoms with van der Waals surface area (Å²) in [5.41, 5.74) is 8.98. The number of nitrogens with zero attached hydrogens (tertiary/aromatic N) is 1. The first-order valence-corrected chi connectivity index (χ1v) is 6.03. The number of aromatic nitrogens is 1. The summed E-state index contributed by atoms with van der Waals surface area (Å²) < 4.78 is 1.05. The zero-order chi connectivity index (χ0) is 11.9. The smallest absolute Gasteiger partial charge is 0.0709 e. The first kappa shape index (κ1) is 11.6. The van der Waals surface area contributed by atoms with E-state index in [1.807, 2.05) is 32.9 Å². The fourth-order valence-corrected chi connectivity index (χ4v) is 2.22. The van der Waals surface area contributed by atoms with E-state index in [9.17, 15) is 0 Å². The molecule has 16 heavy (non-hydrogen) atoms. The number of hydrogen-bond donors (Lipinski definition) is 1. The van der Waals surface area contributed by atoms with Gasteiger partial charge in [-0.2, -0.15) is 0 Å². The summed E-state index contributed by atoms with van der Waals surface area (Å²) in [4.78, 5) is 4.51. The van der Waals surface area contributed by atoms with Gasteiger partial charge < -0.3 is 5.73 Å². The molecular formula is C13H15BrN2. The van der Waals surface area contributed by atoms with Crippen LogP contribution in [0.5, 0.6) is 0 Å². The van der Waals surface area contributed by atoms with Crippen LogP contribution in [0.25, 0.3) is 10.9 Å². The Kier molecular flexibility index (Phi) is 2.76. The molecule has 1 aromatic carbocycles. The molecule has 3 heteroatoms. The third kappa shape index (κ3) is 2.11. The van der Waals surface area contributed by atoms with E-state index >= 15 is 0 Å². The van der Waals surface area contributed by atoms with E-state index in [1.165, 1.54) is 0 Å². The van der Waals surface area contributed by atoms with Crippen LogP contribution in [0.3, 0.4) is 0 Å². The van der Waals surface area contributed by atoms with Crippen molar-refractivity contribution in [3.63, 3.8) is 0 Å². The maximum absolute atomic E-state index is 6.20. The van der Waals surface area contributed by atoms with Crippen molar-refractivity contribution in [2.75, 3.05) is 0 Å². The molecule has 0 unspecified atom stereocenters. The molecule has 2 rings (SSSR count).